The number of halogens is 2. The Morgan fingerprint density at radius 3 is 2.18 bits per heavy atom. The maximum absolute atomic E-state index is 13.1. The van der Waals surface area contributed by atoms with Crippen LogP contribution in [0.15, 0.2) is 36.4 Å². The summed E-state index contributed by atoms with van der Waals surface area (Å²) < 4.78 is 31.4. The van der Waals surface area contributed by atoms with Crippen molar-refractivity contribution in [1.82, 2.24) is 0 Å². The van der Waals surface area contributed by atoms with E-state index in [4.69, 9.17) is 4.57 Å². The van der Waals surface area contributed by atoms with E-state index in [1.807, 2.05) is 0 Å². The lowest BCUT2D eigenvalue weighted by Gasteiger charge is -2.13. The number of hydrogen-bond donors (Lipinski definition) is 3. The van der Waals surface area contributed by atoms with Crippen molar-refractivity contribution in [3.63, 3.8) is 0 Å². The topological polar surface area (TPSA) is 69.9 Å². The molecule has 0 aliphatic rings. The summed E-state index contributed by atoms with van der Waals surface area (Å²) in [6.45, 7) is -0.795. The van der Waals surface area contributed by atoms with Gasteiger partial charge in [0.05, 0.1) is 13.2 Å². The van der Waals surface area contributed by atoms with Crippen molar-refractivity contribution in [3.05, 3.63) is 59.2 Å². The van der Waals surface area contributed by atoms with Crippen molar-refractivity contribution in [3.8, 4) is 0 Å². The zero-order valence-electron chi connectivity index (χ0n) is 11.7. The van der Waals surface area contributed by atoms with E-state index in [1.165, 1.54) is 24.3 Å². The van der Waals surface area contributed by atoms with Crippen molar-refractivity contribution in [1.29, 1.82) is 0 Å². The molecule has 0 aromatic heterocycles. The summed E-state index contributed by atoms with van der Waals surface area (Å²) in [6.07, 6.45) is 0. The smallest absolute Gasteiger partial charge is 0.470 e. The summed E-state index contributed by atoms with van der Waals surface area (Å²) in [7, 11) is -1.45. The fourth-order valence-electron chi connectivity index (χ4n) is 2.09. The van der Waals surface area contributed by atoms with E-state index in [0.29, 0.717) is 11.0 Å². The Balaban J connectivity index is 2.12. The fourth-order valence-corrected chi connectivity index (χ4v) is 2.09. The SMILES string of the molecule is OCc1cc(F)ccc1BOB(O)c1ccc(F)cc1CO. The molecule has 0 heterocycles. The molecule has 8 heteroatoms. The van der Waals surface area contributed by atoms with Gasteiger partial charge in [0.15, 0.2) is 0 Å². The lowest BCUT2D eigenvalue weighted by Crippen LogP contribution is -2.40. The minimum atomic E-state index is -1.38. The zero-order chi connectivity index (χ0) is 16.1. The molecule has 0 saturated carbocycles. The van der Waals surface area contributed by atoms with Gasteiger partial charge in [-0.25, -0.2) is 8.78 Å². The Bertz CT molecular complexity index is 655. The average Bonchev–Trinajstić information content (AvgIpc) is 2.52. The first-order valence-electron chi connectivity index (χ1n) is 6.62. The first-order chi connectivity index (χ1) is 10.5. The summed E-state index contributed by atoms with van der Waals surface area (Å²) in [6, 6.07) is 7.44. The van der Waals surface area contributed by atoms with Crippen LogP contribution >= 0.6 is 0 Å². The van der Waals surface area contributed by atoms with E-state index >= 15 is 0 Å². The summed E-state index contributed by atoms with van der Waals surface area (Å²) in [5.41, 5.74) is 1.34. The van der Waals surface area contributed by atoms with Crippen LogP contribution in [0.2, 0.25) is 0 Å². The van der Waals surface area contributed by atoms with Gasteiger partial charge in [-0.05, 0) is 46.3 Å². The molecule has 0 aliphatic heterocycles. The molecule has 2 aromatic carbocycles. The maximum atomic E-state index is 13.1. The number of hydrogen-bond acceptors (Lipinski definition) is 4. The monoisotopic (exact) mass is 306 g/mol. The molecule has 2 rings (SSSR count). The Morgan fingerprint density at radius 2 is 1.55 bits per heavy atom. The first-order valence-corrected chi connectivity index (χ1v) is 6.62. The van der Waals surface area contributed by atoms with Crippen molar-refractivity contribution in [2.24, 2.45) is 0 Å². The highest BCUT2D eigenvalue weighted by molar-refractivity contribution is 6.68. The van der Waals surface area contributed by atoms with Gasteiger partial charge in [0.25, 0.3) is 7.48 Å². The van der Waals surface area contributed by atoms with E-state index < -0.39 is 25.4 Å². The third kappa shape index (κ3) is 3.92. The average molecular weight is 306 g/mol. The van der Waals surface area contributed by atoms with E-state index in [2.05, 4.69) is 0 Å². The van der Waals surface area contributed by atoms with Crippen LogP contribution < -0.4 is 10.9 Å². The van der Waals surface area contributed by atoms with Gasteiger partial charge >= 0.3 is 7.12 Å². The van der Waals surface area contributed by atoms with Gasteiger partial charge in [0.2, 0.25) is 0 Å². The summed E-state index contributed by atoms with van der Waals surface area (Å²) >= 11 is 0. The molecule has 0 saturated heterocycles. The Hall–Kier alpha value is -1.73. The molecular weight excluding hydrogens is 292 g/mol. The third-order valence-corrected chi connectivity index (χ3v) is 3.28. The fraction of sp³-hybridized carbons (Fsp3) is 0.143. The summed E-state index contributed by atoms with van der Waals surface area (Å²) in [4.78, 5) is 0. The van der Waals surface area contributed by atoms with Crippen molar-refractivity contribution < 1.29 is 28.6 Å². The van der Waals surface area contributed by atoms with Crippen LogP contribution in [0, 0.1) is 11.6 Å². The Labute approximate surface area is 127 Å². The lowest BCUT2D eigenvalue weighted by molar-refractivity contribution is 0.281. The molecule has 3 N–H and O–H groups in total. The molecule has 0 bridgehead atoms. The van der Waals surface area contributed by atoms with Gasteiger partial charge < -0.3 is 19.8 Å². The van der Waals surface area contributed by atoms with Crippen LogP contribution in [0.4, 0.5) is 8.78 Å². The second-order valence-corrected chi connectivity index (χ2v) is 4.74. The van der Waals surface area contributed by atoms with Crippen molar-refractivity contribution in [2.45, 2.75) is 13.2 Å². The van der Waals surface area contributed by atoms with Crippen LogP contribution in [0.5, 0.6) is 0 Å². The predicted octanol–water partition coefficient (Wildman–Crippen LogP) is -0.670. The molecule has 4 nitrogen and oxygen atoms in total. The normalized spacial score (nSPS) is 10.6. The van der Waals surface area contributed by atoms with Crippen LogP contribution in [-0.2, 0) is 17.8 Å². The second-order valence-electron chi connectivity index (χ2n) is 4.74. The van der Waals surface area contributed by atoms with Gasteiger partial charge in [0, 0.05) is 0 Å². The maximum Gasteiger partial charge on any atom is 0.476 e. The first kappa shape index (κ1) is 16.6. The molecule has 0 amide bonds. The highest BCUT2D eigenvalue weighted by atomic mass is 19.1. The Kier molecular flexibility index (Phi) is 5.68. The predicted molar refractivity (Wildman–Crippen MR) is 80.1 cm³/mol. The second kappa shape index (κ2) is 7.51. The largest absolute Gasteiger partial charge is 0.476 e. The quantitative estimate of drug-likeness (QED) is 0.619. The molecule has 22 heavy (non-hydrogen) atoms. The highest BCUT2D eigenvalue weighted by Crippen LogP contribution is 2.04. The lowest BCUT2D eigenvalue weighted by atomic mass is 9.72. The molecule has 0 radical (unpaired) electrons. The molecule has 114 valence electrons. The zero-order valence-corrected chi connectivity index (χ0v) is 11.7. The Morgan fingerprint density at radius 1 is 0.955 bits per heavy atom. The van der Waals surface area contributed by atoms with E-state index in [9.17, 15) is 24.0 Å². The van der Waals surface area contributed by atoms with Gasteiger partial charge in [-0.3, -0.25) is 0 Å². The summed E-state index contributed by atoms with van der Waals surface area (Å²) in [5, 5.41) is 28.4. The summed E-state index contributed by atoms with van der Waals surface area (Å²) in [5.74, 6) is -1.00. The molecule has 0 unspecified atom stereocenters. The van der Waals surface area contributed by atoms with Crippen LogP contribution in [0.25, 0.3) is 0 Å². The number of aliphatic hydroxyl groups excluding tert-OH is 2. The highest BCUT2D eigenvalue weighted by Gasteiger charge is 2.21. The van der Waals surface area contributed by atoms with Gasteiger partial charge in [-0.1, -0.05) is 12.1 Å². The number of benzene rings is 2. The number of rotatable bonds is 6. The van der Waals surface area contributed by atoms with Gasteiger partial charge in [-0.15, -0.1) is 0 Å². The van der Waals surface area contributed by atoms with Gasteiger partial charge in [-0.2, -0.15) is 0 Å². The van der Waals surface area contributed by atoms with Crippen LogP contribution in [0.1, 0.15) is 11.1 Å². The van der Waals surface area contributed by atoms with E-state index in [0.717, 1.165) is 12.1 Å². The van der Waals surface area contributed by atoms with E-state index in [1.54, 1.807) is 0 Å². The van der Waals surface area contributed by atoms with Crippen molar-refractivity contribution >= 4 is 25.5 Å². The van der Waals surface area contributed by atoms with E-state index in [-0.39, 0.29) is 25.1 Å². The molecule has 2 aromatic rings. The van der Waals surface area contributed by atoms with Crippen LogP contribution in [-0.4, -0.2) is 29.8 Å². The minimum absolute atomic E-state index is 0.0699. The molecule has 0 spiro atoms. The molecular formula is C14H14B2F2O4. The standard InChI is InChI=1S/C14H14B2F2O4/c17-11-1-3-13(9(5-11)7-19)15-22-16(21)14-4-2-12(18)6-10(14)8-20/h1-6,15,19-21H,7-8H2. The number of aliphatic hydroxyl groups is 2. The third-order valence-electron chi connectivity index (χ3n) is 3.28. The minimum Gasteiger partial charge on any atom is -0.470 e. The molecule has 0 atom stereocenters. The van der Waals surface area contributed by atoms with Gasteiger partial charge in [0.1, 0.15) is 11.6 Å². The molecule has 0 aliphatic carbocycles. The van der Waals surface area contributed by atoms with Crippen LogP contribution in [0.3, 0.4) is 0 Å². The van der Waals surface area contributed by atoms with Crippen molar-refractivity contribution in [2.75, 3.05) is 0 Å². The molecule has 0 fully saturated rings.